The Labute approximate surface area is 193 Å². The fourth-order valence-electron chi connectivity index (χ4n) is 3.14. The maximum absolute atomic E-state index is 12.4. The van der Waals surface area contributed by atoms with Gasteiger partial charge >= 0.3 is 0 Å². The summed E-state index contributed by atoms with van der Waals surface area (Å²) in [6.45, 7) is 1.75. The highest BCUT2D eigenvalue weighted by atomic mass is 35.5. The Bertz CT molecular complexity index is 1350. The maximum Gasteiger partial charge on any atom is 0.251 e. The number of H-pyrrole nitrogens is 1. The summed E-state index contributed by atoms with van der Waals surface area (Å²) in [7, 11) is 0. The number of amides is 1. The van der Waals surface area contributed by atoms with Crippen LogP contribution in [0.15, 0.2) is 63.9 Å². The number of carbonyl (C=O) groups is 1. The number of nitrogens with one attached hydrogen (secondary N) is 2. The van der Waals surface area contributed by atoms with E-state index in [0.29, 0.717) is 56.4 Å². The van der Waals surface area contributed by atoms with Gasteiger partial charge in [0.2, 0.25) is 5.91 Å². The number of halogens is 2. The Balaban J connectivity index is 1.40. The molecule has 0 aliphatic heterocycles. The summed E-state index contributed by atoms with van der Waals surface area (Å²) in [5.41, 5.74) is 2.35. The van der Waals surface area contributed by atoms with E-state index in [4.69, 9.17) is 27.6 Å². The number of nitrogens with zero attached hydrogens (tertiary/aromatic N) is 2. The number of rotatable bonds is 6. The van der Waals surface area contributed by atoms with Crippen molar-refractivity contribution in [1.82, 2.24) is 15.0 Å². The lowest BCUT2D eigenvalue weighted by atomic mass is 10.1. The first-order chi connectivity index (χ1) is 15.4. The average Bonchev–Trinajstić information content (AvgIpc) is 3.20. The van der Waals surface area contributed by atoms with Crippen LogP contribution < -0.4 is 10.9 Å². The second-order valence-electron chi connectivity index (χ2n) is 7.11. The zero-order valence-electron chi connectivity index (χ0n) is 17.0. The molecule has 1 amide bonds. The molecule has 0 bridgehead atoms. The summed E-state index contributed by atoms with van der Waals surface area (Å²) < 4.78 is 5.73. The number of oxazole rings is 1. The molecule has 2 aromatic carbocycles. The van der Waals surface area contributed by atoms with Crippen LogP contribution in [0.2, 0.25) is 10.0 Å². The number of benzene rings is 2. The Morgan fingerprint density at radius 3 is 2.78 bits per heavy atom. The predicted octanol–water partition coefficient (Wildman–Crippen LogP) is 5.28. The highest BCUT2D eigenvalue weighted by Crippen LogP contribution is 2.31. The van der Waals surface area contributed by atoms with Crippen LogP contribution in [0.4, 0.5) is 5.69 Å². The highest BCUT2D eigenvalue weighted by molar-refractivity contribution is 6.36. The largest absolute Gasteiger partial charge is 0.441 e. The summed E-state index contributed by atoms with van der Waals surface area (Å²) in [6, 6.07) is 13.6. The van der Waals surface area contributed by atoms with Gasteiger partial charge in [0, 0.05) is 46.4 Å². The first kappa shape index (κ1) is 21.8. The predicted molar refractivity (Wildman–Crippen MR) is 124 cm³/mol. The van der Waals surface area contributed by atoms with Gasteiger partial charge in [-0.25, -0.2) is 9.97 Å². The summed E-state index contributed by atoms with van der Waals surface area (Å²) in [6.07, 6.45) is 2.07. The Morgan fingerprint density at radius 1 is 1.16 bits per heavy atom. The van der Waals surface area contributed by atoms with Gasteiger partial charge in [0.1, 0.15) is 5.82 Å². The lowest BCUT2D eigenvalue weighted by Gasteiger charge is -2.07. The molecule has 0 saturated heterocycles. The quantitative estimate of drug-likeness (QED) is 0.400. The van der Waals surface area contributed by atoms with Crippen LogP contribution in [0.25, 0.3) is 22.7 Å². The lowest BCUT2D eigenvalue weighted by molar-refractivity contribution is -0.116. The van der Waals surface area contributed by atoms with Gasteiger partial charge in [0.15, 0.2) is 11.7 Å². The number of aromatic nitrogens is 3. The van der Waals surface area contributed by atoms with Gasteiger partial charge in [-0.15, -0.1) is 0 Å². The third-order valence-corrected chi connectivity index (χ3v) is 5.15. The van der Waals surface area contributed by atoms with Crippen molar-refractivity contribution >= 4 is 34.8 Å². The molecule has 9 heteroatoms. The summed E-state index contributed by atoms with van der Waals surface area (Å²) in [5.74, 6) is 1.18. The monoisotopic (exact) mass is 468 g/mol. The van der Waals surface area contributed by atoms with E-state index in [1.54, 1.807) is 49.5 Å². The minimum Gasteiger partial charge on any atom is -0.441 e. The number of anilines is 1. The molecule has 2 N–H and O–H groups in total. The molecular weight excluding hydrogens is 451 g/mol. The maximum atomic E-state index is 12.4. The minimum absolute atomic E-state index is 0.179. The first-order valence-corrected chi connectivity index (χ1v) is 10.5. The van der Waals surface area contributed by atoms with E-state index in [0.717, 1.165) is 0 Å². The zero-order valence-corrected chi connectivity index (χ0v) is 18.5. The molecule has 0 unspecified atom stereocenters. The third kappa shape index (κ3) is 5.25. The Kier molecular flexibility index (Phi) is 6.39. The van der Waals surface area contributed by atoms with E-state index >= 15 is 0 Å². The topological polar surface area (TPSA) is 101 Å². The Hall–Kier alpha value is -3.42. The average molecular weight is 469 g/mol. The van der Waals surface area contributed by atoms with Crippen molar-refractivity contribution in [2.75, 3.05) is 5.32 Å². The number of hydrogen-bond donors (Lipinski definition) is 2. The molecule has 4 aromatic rings. The second-order valence-corrected chi connectivity index (χ2v) is 7.95. The molecule has 0 aliphatic carbocycles. The van der Waals surface area contributed by atoms with Crippen molar-refractivity contribution in [3.8, 4) is 22.7 Å². The summed E-state index contributed by atoms with van der Waals surface area (Å²) in [5, 5.41) is 3.83. The molecule has 0 spiro atoms. The van der Waals surface area contributed by atoms with Gasteiger partial charge in [-0.05, 0) is 37.3 Å². The van der Waals surface area contributed by atoms with Gasteiger partial charge in [0.05, 0.1) is 11.2 Å². The third-order valence-electron chi connectivity index (χ3n) is 4.61. The second kappa shape index (κ2) is 9.38. The van der Waals surface area contributed by atoms with Crippen LogP contribution in [-0.2, 0) is 11.2 Å². The number of hydrogen-bond acceptors (Lipinski definition) is 5. The molecule has 162 valence electrons. The molecule has 0 radical (unpaired) electrons. The van der Waals surface area contributed by atoms with Gasteiger partial charge in [0.25, 0.3) is 5.56 Å². The van der Waals surface area contributed by atoms with Gasteiger partial charge < -0.3 is 14.7 Å². The van der Waals surface area contributed by atoms with Crippen molar-refractivity contribution in [2.24, 2.45) is 0 Å². The fraction of sp³-hybridized carbons (Fsp3) is 0.130. The molecule has 32 heavy (non-hydrogen) atoms. The van der Waals surface area contributed by atoms with Crippen LogP contribution in [0, 0.1) is 6.92 Å². The standard InChI is InChI=1S/C23H18Cl2N4O3/c1-13-9-21(31)29-23(27-13)14-3-2-4-16(10-14)28-20(30)7-8-22-26-12-19(32-22)17-6-5-15(24)11-18(17)25/h2-6,9-12H,7-8H2,1H3,(H,28,30)(H,27,29,31). The van der Waals surface area contributed by atoms with E-state index < -0.39 is 0 Å². The molecule has 4 rings (SSSR count). The van der Waals surface area contributed by atoms with E-state index in [9.17, 15) is 9.59 Å². The molecule has 0 aliphatic rings. The van der Waals surface area contributed by atoms with Crippen LogP contribution >= 0.6 is 23.2 Å². The molecule has 2 aromatic heterocycles. The van der Waals surface area contributed by atoms with Crippen LogP contribution in [0.3, 0.4) is 0 Å². The molecule has 0 saturated carbocycles. The summed E-state index contributed by atoms with van der Waals surface area (Å²) in [4.78, 5) is 35.4. The van der Waals surface area contributed by atoms with Crippen LogP contribution in [-0.4, -0.2) is 20.9 Å². The normalized spacial score (nSPS) is 10.8. The van der Waals surface area contributed by atoms with E-state index in [-0.39, 0.29) is 17.9 Å². The van der Waals surface area contributed by atoms with Crippen molar-refractivity contribution in [3.05, 3.63) is 86.7 Å². The molecule has 0 fully saturated rings. The number of carbonyl (C=O) groups excluding carboxylic acids is 1. The molecule has 7 nitrogen and oxygen atoms in total. The number of aromatic amines is 1. The molecular formula is C23H18Cl2N4O3. The minimum atomic E-state index is -0.229. The fourth-order valence-corrected chi connectivity index (χ4v) is 3.65. The lowest BCUT2D eigenvalue weighted by Crippen LogP contribution is -2.13. The van der Waals surface area contributed by atoms with Gasteiger partial charge in [-0.3, -0.25) is 9.59 Å². The molecule has 2 heterocycles. The van der Waals surface area contributed by atoms with Gasteiger partial charge in [-0.1, -0.05) is 35.3 Å². The van der Waals surface area contributed by atoms with Crippen molar-refractivity contribution < 1.29 is 9.21 Å². The molecule has 0 atom stereocenters. The van der Waals surface area contributed by atoms with Gasteiger partial charge in [-0.2, -0.15) is 0 Å². The van der Waals surface area contributed by atoms with Crippen molar-refractivity contribution in [3.63, 3.8) is 0 Å². The van der Waals surface area contributed by atoms with Crippen LogP contribution in [0.5, 0.6) is 0 Å². The first-order valence-electron chi connectivity index (χ1n) is 9.76. The van der Waals surface area contributed by atoms with Crippen molar-refractivity contribution in [2.45, 2.75) is 19.8 Å². The zero-order chi connectivity index (χ0) is 22.7. The van der Waals surface area contributed by atoms with Crippen LogP contribution in [0.1, 0.15) is 18.0 Å². The SMILES string of the molecule is Cc1cc(=O)[nH]c(-c2cccc(NC(=O)CCc3ncc(-c4ccc(Cl)cc4Cl)o3)c2)n1. The number of aryl methyl sites for hydroxylation is 2. The Morgan fingerprint density at radius 2 is 2.00 bits per heavy atom. The smallest absolute Gasteiger partial charge is 0.251 e. The van der Waals surface area contributed by atoms with E-state index in [2.05, 4.69) is 20.3 Å². The van der Waals surface area contributed by atoms with E-state index in [1.807, 2.05) is 6.07 Å². The highest BCUT2D eigenvalue weighted by Gasteiger charge is 2.12. The van der Waals surface area contributed by atoms with Crippen molar-refractivity contribution in [1.29, 1.82) is 0 Å². The summed E-state index contributed by atoms with van der Waals surface area (Å²) >= 11 is 12.1. The van der Waals surface area contributed by atoms with E-state index in [1.165, 1.54) is 6.07 Å².